The van der Waals surface area contributed by atoms with E-state index >= 15 is 0 Å². The number of nitrogens with zero attached hydrogens (tertiary/aromatic N) is 2. The van der Waals surface area contributed by atoms with E-state index in [9.17, 15) is 4.39 Å². The van der Waals surface area contributed by atoms with Crippen LogP contribution in [0.15, 0.2) is 30.5 Å². The molecule has 0 saturated carbocycles. The zero-order chi connectivity index (χ0) is 10.8. The molecule has 0 fully saturated rings. The van der Waals surface area contributed by atoms with Crippen molar-refractivity contribution < 1.29 is 4.39 Å². The molecule has 5 heteroatoms. The summed E-state index contributed by atoms with van der Waals surface area (Å²) in [5, 5.41) is 0.278. The van der Waals surface area contributed by atoms with Crippen LogP contribution in [0.25, 0.3) is 11.1 Å². The SMILES string of the molecule is Fc1cccc(-c2cnc(Cl)nc2Cl)c1. The van der Waals surface area contributed by atoms with E-state index in [1.54, 1.807) is 12.1 Å². The van der Waals surface area contributed by atoms with Crippen LogP contribution in [0.5, 0.6) is 0 Å². The molecule has 0 aliphatic carbocycles. The molecule has 1 aromatic carbocycles. The van der Waals surface area contributed by atoms with Crippen molar-refractivity contribution in [2.24, 2.45) is 0 Å². The molecular weight excluding hydrogens is 238 g/mol. The number of rotatable bonds is 1. The van der Waals surface area contributed by atoms with Crippen molar-refractivity contribution in [3.8, 4) is 11.1 Å². The Bertz CT molecular complexity index is 503. The molecular formula is C10H5Cl2FN2. The zero-order valence-electron chi connectivity index (χ0n) is 7.42. The van der Waals surface area contributed by atoms with Crippen LogP contribution in [-0.2, 0) is 0 Å². The molecule has 0 spiro atoms. The van der Waals surface area contributed by atoms with Gasteiger partial charge in [0, 0.05) is 11.8 Å². The number of halogens is 3. The minimum absolute atomic E-state index is 0.0696. The van der Waals surface area contributed by atoms with Crippen molar-refractivity contribution in [2.45, 2.75) is 0 Å². The second kappa shape index (κ2) is 4.13. The fourth-order valence-corrected chi connectivity index (χ4v) is 1.61. The summed E-state index contributed by atoms with van der Waals surface area (Å²) in [6.07, 6.45) is 1.46. The van der Waals surface area contributed by atoms with Gasteiger partial charge in [-0.3, -0.25) is 0 Å². The summed E-state index contributed by atoms with van der Waals surface area (Å²) >= 11 is 11.4. The largest absolute Gasteiger partial charge is 0.226 e. The van der Waals surface area contributed by atoms with Crippen molar-refractivity contribution in [1.82, 2.24) is 9.97 Å². The minimum atomic E-state index is -0.335. The molecule has 0 aliphatic rings. The van der Waals surface area contributed by atoms with Gasteiger partial charge in [-0.05, 0) is 29.3 Å². The van der Waals surface area contributed by atoms with E-state index in [0.29, 0.717) is 11.1 Å². The number of aromatic nitrogens is 2. The Labute approximate surface area is 95.7 Å². The van der Waals surface area contributed by atoms with Gasteiger partial charge in [-0.2, -0.15) is 0 Å². The highest BCUT2D eigenvalue weighted by Gasteiger charge is 2.06. The third-order valence-corrected chi connectivity index (χ3v) is 2.32. The van der Waals surface area contributed by atoms with E-state index in [1.807, 2.05) is 0 Å². The molecule has 2 nitrogen and oxygen atoms in total. The van der Waals surface area contributed by atoms with E-state index in [1.165, 1.54) is 18.3 Å². The van der Waals surface area contributed by atoms with Gasteiger partial charge < -0.3 is 0 Å². The lowest BCUT2D eigenvalue weighted by Crippen LogP contribution is -1.88. The van der Waals surface area contributed by atoms with Crippen molar-refractivity contribution in [3.05, 3.63) is 46.7 Å². The highest BCUT2D eigenvalue weighted by Crippen LogP contribution is 2.26. The average molecular weight is 243 g/mol. The maximum absolute atomic E-state index is 13.0. The first kappa shape index (κ1) is 10.3. The Morgan fingerprint density at radius 1 is 1.20 bits per heavy atom. The normalized spacial score (nSPS) is 10.3. The fourth-order valence-electron chi connectivity index (χ4n) is 1.19. The molecule has 0 radical (unpaired) electrons. The monoisotopic (exact) mass is 242 g/mol. The summed E-state index contributed by atoms with van der Waals surface area (Å²) in [5.41, 5.74) is 1.18. The summed E-state index contributed by atoms with van der Waals surface area (Å²) in [4.78, 5) is 7.57. The van der Waals surface area contributed by atoms with Gasteiger partial charge >= 0.3 is 0 Å². The molecule has 1 heterocycles. The second-order valence-corrected chi connectivity index (χ2v) is 3.55. The van der Waals surface area contributed by atoms with Crippen LogP contribution in [-0.4, -0.2) is 9.97 Å². The molecule has 0 N–H and O–H groups in total. The van der Waals surface area contributed by atoms with Crippen molar-refractivity contribution in [2.75, 3.05) is 0 Å². The Kier molecular flexibility index (Phi) is 2.84. The van der Waals surface area contributed by atoms with Crippen LogP contribution in [0.1, 0.15) is 0 Å². The van der Waals surface area contributed by atoms with Gasteiger partial charge in [-0.25, -0.2) is 14.4 Å². The first-order chi connectivity index (χ1) is 7.16. The first-order valence-corrected chi connectivity index (χ1v) is 4.86. The third-order valence-electron chi connectivity index (χ3n) is 1.85. The Balaban J connectivity index is 2.54. The summed E-state index contributed by atoms with van der Waals surface area (Å²) in [6, 6.07) is 6.03. The van der Waals surface area contributed by atoms with Crippen LogP contribution in [0.3, 0.4) is 0 Å². The second-order valence-electron chi connectivity index (χ2n) is 2.85. The first-order valence-electron chi connectivity index (χ1n) is 4.11. The summed E-state index contributed by atoms with van der Waals surface area (Å²) < 4.78 is 13.0. The number of hydrogen-bond acceptors (Lipinski definition) is 2. The molecule has 0 saturated heterocycles. The molecule has 0 bridgehead atoms. The number of benzene rings is 1. The smallest absolute Gasteiger partial charge is 0.223 e. The molecule has 2 rings (SSSR count). The van der Waals surface area contributed by atoms with E-state index in [2.05, 4.69) is 9.97 Å². The molecule has 2 aromatic rings. The van der Waals surface area contributed by atoms with E-state index in [4.69, 9.17) is 23.2 Å². The van der Waals surface area contributed by atoms with Crippen molar-refractivity contribution in [3.63, 3.8) is 0 Å². The molecule has 0 amide bonds. The zero-order valence-corrected chi connectivity index (χ0v) is 8.93. The van der Waals surface area contributed by atoms with Gasteiger partial charge in [-0.15, -0.1) is 0 Å². The molecule has 15 heavy (non-hydrogen) atoms. The van der Waals surface area contributed by atoms with E-state index in [0.717, 1.165) is 0 Å². The summed E-state index contributed by atoms with van der Waals surface area (Å²) in [6.45, 7) is 0. The van der Waals surface area contributed by atoms with Crippen LogP contribution >= 0.6 is 23.2 Å². The van der Waals surface area contributed by atoms with Crippen LogP contribution in [0.2, 0.25) is 10.4 Å². The summed E-state index contributed by atoms with van der Waals surface area (Å²) in [7, 11) is 0. The maximum Gasteiger partial charge on any atom is 0.223 e. The summed E-state index contributed by atoms with van der Waals surface area (Å²) in [5.74, 6) is -0.335. The predicted molar refractivity (Wildman–Crippen MR) is 57.4 cm³/mol. The lowest BCUT2D eigenvalue weighted by Gasteiger charge is -2.02. The molecule has 76 valence electrons. The van der Waals surface area contributed by atoms with Gasteiger partial charge in [0.25, 0.3) is 0 Å². The fraction of sp³-hybridized carbons (Fsp3) is 0. The molecule has 1 aromatic heterocycles. The van der Waals surface area contributed by atoms with Gasteiger partial charge in [0.05, 0.1) is 0 Å². The van der Waals surface area contributed by atoms with Gasteiger partial charge in [0.2, 0.25) is 5.28 Å². The predicted octanol–water partition coefficient (Wildman–Crippen LogP) is 3.59. The molecule has 0 unspecified atom stereocenters. The number of hydrogen-bond donors (Lipinski definition) is 0. The minimum Gasteiger partial charge on any atom is -0.226 e. The average Bonchev–Trinajstić information content (AvgIpc) is 2.17. The molecule has 0 atom stereocenters. The lowest BCUT2D eigenvalue weighted by atomic mass is 10.1. The van der Waals surface area contributed by atoms with Crippen LogP contribution in [0, 0.1) is 5.82 Å². The third kappa shape index (κ3) is 2.25. The Morgan fingerprint density at radius 2 is 2.00 bits per heavy atom. The Morgan fingerprint density at radius 3 is 2.67 bits per heavy atom. The van der Waals surface area contributed by atoms with Crippen LogP contribution in [0.4, 0.5) is 4.39 Å². The van der Waals surface area contributed by atoms with E-state index in [-0.39, 0.29) is 16.3 Å². The Hall–Kier alpha value is -1.19. The van der Waals surface area contributed by atoms with Gasteiger partial charge in [0.1, 0.15) is 11.0 Å². The van der Waals surface area contributed by atoms with Crippen molar-refractivity contribution in [1.29, 1.82) is 0 Å². The highest BCUT2D eigenvalue weighted by atomic mass is 35.5. The van der Waals surface area contributed by atoms with Crippen LogP contribution < -0.4 is 0 Å². The van der Waals surface area contributed by atoms with Gasteiger partial charge in [-0.1, -0.05) is 23.7 Å². The molecule has 0 aliphatic heterocycles. The van der Waals surface area contributed by atoms with Crippen molar-refractivity contribution >= 4 is 23.2 Å². The topological polar surface area (TPSA) is 25.8 Å². The highest BCUT2D eigenvalue weighted by molar-refractivity contribution is 6.33. The lowest BCUT2D eigenvalue weighted by molar-refractivity contribution is 0.628. The van der Waals surface area contributed by atoms with Gasteiger partial charge in [0.15, 0.2) is 0 Å². The standard InChI is InChI=1S/C10H5Cl2FN2/c11-9-8(5-14-10(12)15-9)6-2-1-3-7(13)4-6/h1-5H. The quantitative estimate of drug-likeness (QED) is 0.565. The maximum atomic E-state index is 13.0. The van der Waals surface area contributed by atoms with E-state index < -0.39 is 0 Å².